The molecule has 0 bridgehead atoms. The van der Waals surface area contributed by atoms with E-state index in [0.29, 0.717) is 11.3 Å². The van der Waals surface area contributed by atoms with Crippen LogP contribution in [0.25, 0.3) is 6.08 Å². The van der Waals surface area contributed by atoms with Gasteiger partial charge >= 0.3 is 0 Å². The Hall–Kier alpha value is -3.23. The molecule has 1 N–H and O–H groups in total. The highest BCUT2D eigenvalue weighted by Crippen LogP contribution is 2.37. The molecule has 0 saturated carbocycles. The minimum Gasteiger partial charge on any atom is -0.493 e. The molecule has 0 atom stereocenters. The van der Waals surface area contributed by atoms with Crippen LogP contribution in [0.1, 0.15) is 11.1 Å². The predicted molar refractivity (Wildman–Crippen MR) is 119 cm³/mol. The third-order valence-electron chi connectivity index (χ3n) is 4.36. The van der Waals surface area contributed by atoms with Crippen LogP contribution in [-0.2, 0) is 16.2 Å². The fraction of sp³-hybridized carbons (Fsp3) is 0.136. The molecule has 160 valence electrons. The molecule has 1 aliphatic heterocycles. The van der Waals surface area contributed by atoms with Crippen molar-refractivity contribution < 1.29 is 23.5 Å². The molecule has 3 rings (SSSR count). The third-order valence-corrected chi connectivity index (χ3v) is 4.96. The summed E-state index contributed by atoms with van der Waals surface area (Å²) in [7, 11) is 1.44. The first kappa shape index (κ1) is 22.5. The molecule has 2 amide bonds. The van der Waals surface area contributed by atoms with E-state index in [2.05, 4.69) is 11.9 Å². The van der Waals surface area contributed by atoms with Crippen LogP contribution in [0.15, 0.2) is 54.6 Å². The molecule has 1 heterocycles. The smallest absolute Gasteiger partial charge is 0.265 e. The molecule has 0 aliphatic carbocycles. The van der Waals surface area contributed by atoms with Gasteiger partial charge in [-0.1, -0.05) is 29.8 Å². The van der Waals surface area contributed by atoms with Crippen molar-refractivity contribution in [2.45, 2.75) is 6.61 Å². The minimum atomic E-state index is -0.609. The summed E-state index contributed by atoms with van der Waals surface area (Å²) in [5.74, 6) is -0.902. The van der Waals surface area contributed by atoms with Gasteiger partial charge in [0.15, 0.2) is 16.6 Å². The zero-order chi connectivity index (χ0) is 22.5. The normalized spacial score (nSPS) is 15.1. The topological polar surface area (TPSA) is 67.9 Å². The average Bonchev–Trinajstić information content (AvgIpc) is 2.74. The lowest BCUT2D eigenvalue weighted by Gasteiger charge is -2.27. The number of carbonyl (C=O) groups is 2. The van der Waals surface area contributed by atoms with Gasteiger partial charge in [0.1, 0.15) is 18.0 Å². The summed E-state index contributed by atoms with van der Waals surface area (Å²) in [6.45, 7) is 3.89. The third kappa shape index (κ3) is 5.10. The standard InChI is InChI=1S/C22H18ClFN2O4S/c1-3-8-26-21(28)16(20(27)25-22(26)31)9-14-10-17(23)19(18(11-14)29-2)30-12-13-4-6-15(24)7-5-13/h3-7,9-11H,1,8,12H2,2H3,(H,25,27,31)/b16-9+. The summed E-state index contributed by atoms with van der Waals surface area (Å²) < 4.78 is 24.2. The number of nitrogens with one attached hydrogen (secondary N) is 1. The Morgan fingerprint density at radius 2 is 1.97 bits per heavy atom. The Labute approximate surface area is 188 Å². The molecule has 0 radical (unpaired) electrons. The first-order chi connectivity index (χ1) is 14.8. The fourth-order valence-electron chi connectivity index (χ4n) is 2.85. The van der Waals surface area contributed by atoms with Crippen molar-refractivity contribution in [2.24, 2.45) is 0 Å². The summed E-state index contributed by atoms with van der Waals surface area (Å²) in [6, 6.07) is 9.00. The molecule has 1 saturated heterocycles. The van der Waals surface area contributed by atoms with Crippen molar-refractivity contribution in [3.63, 3.8) is 0 Å². The number of hydrogen-bond acceptors (Lipinski definition) is 5. The number of carbonyl (C=O) groups excluding carboxylic acids is 2. The zero-order valence-electron chi connectivity index (χ0n) is 16.5. The van der Waals surface area contributed by atoms with Gasteiger partial charge < -0.3 is 9.47 Å². The largest absolute Gasteiger partial charge is 0.493 e. The Morgan fingerprint density at radius 1 is 1.26 bits per heavy atom. The van der Waals surface area contributed by atoms with Crippen LogP contribution in [-0.4, -0.2) is 35.5 Å². The average molecular weight is 461 g/mol. The second kappa shape index (κ2) is 9.72. The number of benzene rings is 2. The number of amides is 2. The highest BCUT2D eigenvalue weighted by atomic mass is 35.5. The summed E-state index contributed by atoms with van der Waals surface area (Å²) in [4.78, 5) is 26.2. The van der Waals surface area contributed by atoms with E-state index < -0.39 is 11.8 Å². The van der Waals surface area contributed by atoms with Crippen LogP contribution in [0, 0.1) is 5.82 Å². The van der Waals surface area contributed by atoms with E-state index in [1.54, 1.807) is 24.3 Å². The van der Waals surface area contributed by atoms with Crippen LogP contribution >= 0.6 is 23.8 Å². The lowest BCUT2D eigenvalue weighted by atomic mass is 10.1. The highest BCUT2D eigenvalue weighted by molar-refractivity contribution is 7.80. The Morgan fingerprint density at radius 3 is 2.61 bits per heavy atom. The number of halogens is 2. The Balaban J connectivity index is 1.88. The van der Waals surface area contributed by atoms with Crippen molar-refractivity contribution in [2.75, 3.05) is 13.7 Å². The molecule has 31 heavy (non-hydrogen) atoms. The number of hydrogen-bond donors (Lipinski definition) is 1. The molecule has 0 spiro atoms. The van der Waals surface area contributed by atoms with Gasteiger partial charge in [-0.25, -0.2) is 4.39 Å². The number of thiocarbonyl (C=S) groups is 1. The van der Waals surface area contributed by atoms with Gasteiger partial charge in [-0.2, -0.15) is 0 Å². The number of methoxy groups -OCH3 is 1. The fourth-order valence-corrected chi connectivity index (χ4v) is 3.38. The molecular weight excluding hydrogens is 443 g/mol. The molecule has 2 aromatic carbocycles. The van der Waals surface area contributed by atoms with Crippen molar-refractivity contribution in [3.8, 4) is 11.5 Å². The zero-order valence-corrected chi connectivity index (χ0v) is 18.1. The molecule has 6 nitrogen and oxygen atoms in total. The lowest BCUT2D eigenvalue weighted by Crippen LogP contribution is -2.53. The second-order valence-corrected chi connectivity index (χ2v) is 7.26. The molecule has 2 aromatic rings. The summed E-state index contributed by atoms with van der Waals surface area (Å²) in [5.41, 5.74) is 1.10. The van der Waals surface area contributed by atoms with Crippen molar-refractivity contribution in [3.05, 3.63) is 76.6 Å². The summed E-state index contributed by atoms with van der Waals surface area (Å²) in [5, 5.41) is 2.72. The van der Waals surface area contributed by atoms with E-state index in [9.17, 15) is 14.0 Å². The van der Waals surface area contributed by atoms with Gasteiger partial charge in [0, 0.05) is 6.54 Å². The maximum Gasteiger partial charge on any atom is 0.265 e. The highest BCUT2D eigenvalue weighted by Gasteiger charge is 2.32. The molecular formula is C22H18ClFN2O4S. The molecule has 1 fully saturated rings. The molecule has 9 heteroatoms. The predicted octanol–water partition coefficient (Wildman–Crippen LogP) is 3.88. The Bertz CT molecular complexity index is 1090. The monoisotopic (exact) mass is 460 g/mol. The van der Waals surface area contributed by atoms with Crippen molar-refractivity contribution >= 4 is 46.8 Å². The summed E-state index contributed by atoms with van der Waals surface area (Å²) in [6.07, 6.45) is 2.90. The van der Waals surface area contributed by atoms with Crippen LogP contribution in [0.4, 0.5) is 4.39 Å². The van der Waals surface area contributed by atoms with Gasteiger partial charge in [0.05, 0.1) is 12.1 Å². The van der Waals surface area contributed by atoms with E-state index in [4.69, 9.17) is 33.3 Å². The van der Waals surface area contributed by atoms with E-state index in [1.807, 2.05) is 0 Å². The second-order valence-electron chi connectivity index (χ2n) is 6.47. The van der Waals surface area contributed by atoms with E-state index >= 15 is 0 Å². The first-order valence-corrected chi connectivity index (χ1v) is 9.87. The molecule has 0 aromatic heterocycles. The van der Waals surface area contributed by atoms with Gasteiger partial charge in [0.2, 0.25) is 0 Å². The van der Waals surface area contributed by atoms with Gasteiger partial charge in [0.25, 0.3) is 11.8 Å². The number of nitrogens with zero attached hydrogens (tertiary/aromatic N) is 1. The van der Waals surface area contributed by atoms with Gasteiger partial charge in [-0.3, -0.25) is 19.8 Å². The van der Waals surface area contributed by atoms with Gasteiger partial charge in [-0.05, 0) is 53.7 Å². The number of rotatable bonds is 7. The molecule has 0 unspecified atom stereocenters. The first-order valence-electron chi connectivity index (χ1n) is 9.08. The molecule has 1 aliphatic rings. The lowest BCUT2D eigenvalue weighted by molar-refractivity contribution is -0.128. The maximum atomic E-state index is 13.1. The van der Waals surface area contributed by atoms with Crippen molar-refractivity contribution in [1.82, 2.24) is 10.2 Å². The van der Waals surface area contributed by atoms with Gasteiger partial charge in [-0.15, -0.1) is 6.58 Å². The van der Waals surface area contributed by atoms with Crippen molar-refractivity contribution in [1.29, 1.82) is 0 Å². The van der Waals surface area contributed by atoms with Crippen LogP contribution < -0.4 is 14.8 Å². The minimum absolute atomic E-state index is 0.0206. The SMILES string of the molecule is C=CCN1C(=O)/C(=C/c2cc(Cl)c(OCc3ccc(F)cc3)c(OC)c2)C(=O)NC1=S. The maximum absolute atomic E-state index is 13.1. The van der Waals surface area contributed by atoms with Crippen LogP contribution in [0.3, 0.4) is 0 Å². The Kier molecular flexibility index (Phi) is 7.04. The van der Waals surface area contributed by atoms with E-state index in [0.717, 1.165) is 5.56 Å². The summed E-state index contributed by atoms with van der Waals surface area (Å²) >= 11 is 11.4. The van der Waals surface area contributed by atoms with E-state index in [-0.39, 0.29) is 40.4 Å². The quantitative estimate of drug-likeness (QED) is 0.294. The van der Waals surface area contributed by atoms with Crippen LogP contribution in [0.5, 0.6) is 11.5 Å². The number of ether oxygens (including phenoxy) is 2. The van der Waals surface area contributed by atoms with Crippen LogP contribution in [0.2, 0.25) is 5.02 Å². The van der Waals surface area contributed by atoms with E-state index in [1.165, 1.54) is 36.3 Å².